The lowest BCUT2D eigenvalue weighted by molar-refractivity contribution is 0.355. The number of rotatable bonds is 7. The smallest absolute Gasteiger partial charge is 0.161 e. The van der Waals surface area contributed by atoms with Gasteiger partial charge >= 0.3 is 0 Å². The maximum atomic E-state index is 5.58. The van der Waals surface area contributed by atoms with Crippen molar-refractivity contribution in [3.8, 4) is 51.2 Å². The van der Waals surface area contributed by atoms with Crippen molar-refractivity contribution >= 4 is 0 Å². The van der Waals surface area contributed by atoms with E-state index in [1.54, 1.807) is 28.4 Å². The molecule has 0 saturated carbocycles. The summed E-state index contributed by atoms with van der Waals surface area (Å²) in [6, 6.07) is 18.2. The molecular formula is C28H30N2O4. The summed E-state index contributed by atoms with van der Waals surface area (Å²) in [5, 5.41) is 5.07. The van der Waals surface area contributed by atoms with Crippen molar-refractivity contribution in [1.29, 1.82) is 0 Å². The van der Waals surface area contributed by atoms with E-state index in [4.69, 9.17) is 24.0 Å². The van der Waals surface area contributed by atoms with Crippen molar-refractivity contribution in [2.75, 3.05) is 28.4 Å². The number of methoxy groups -OCH3 is 4. The van der Waals surface area contributed by atoms with E-state index in [-0.39, 0.29) is 0 Å². The highest BCUT2D eigenvalue weighted by atomic mass is 16.5. The van der Waals surface area contributed by atoms with E-state index in [1.807, 2.05) is 41.1 Å². The van der Waals surface area contributed by atoms with Gasteiger partial charge in [-0.15, -0.1) is 0 Å². The summed E-state index contributed by atoms with van der Waals surface area (Å²) in [6.45, 7) is 6.31. The van der Waals surface area contributed by atoms with Gasteiger partial charge in [0, 0.05) is 16.7 Å². The molecule has 0 bridgehead atoms. The normalized spacial score (nSPS) is 10.8. The van der Waals surface area contributed by atoms with Crippen LogP contribution >= 0.6 is 0 Å². The van der Waals surface area contributed by atoms with Crippen LogP contribution in [-0.2, 0) is 0 Å². The molecular weight excluding hydrogens is 428 g/mol. The molecule has 0 amide bonds. The standard InChI is InChI=1S/C28H30N2O4/c1-17-8-11-22(14-18(17)2)30-28(21-10-13-24(32-5)26(16-21)34-7)19(3)27(29-30)20-9-12-23(31-4)25(15-20)33-6/h8-16H,1-7H3. The Morgan fingerprint density at radius 1 is 0.588 bits per heavy atom. The molecule has 0 radical (unpaired) electrons. The van der Waals surface area contributed by atoms with Crippen LogP contribution in [0, 0.1) is 20.8 Å². The molecule has 0 fully saturated rings. The highest BCUT2D eigenvalue weighted by Gasteiger charge is 2.21. The van der Waals surface area contributed by atoms with Gasteiger partial charge in [-0.25, -0.2) is 4.68 Å². The van der Waals surface area contributed by atoms with Gasteiger partial charge in [0.15, 0.2) is 23.0 Å². The van der Waals surface area contributed by atoms with Crippen LogP contribution in [0.5, 0.6) is 23.0 Å². The Hall–Kier alpha value is -3.93. The molecule has 1 aromatic heterocycles. The molecule has 6 nitrogen and oxygen atoms in total. The summed E-state index contributed by atoms with van der Waals surface area (Å²) in [5.74, 6) is 2.69. The Kier molecular flexibility index (Phi) is 6.50. The maximum absolute atomic E-state index is 5.58. The van der Waals surface area contributed by atoms with E-state index in [0.717, 1.165) is 33.8 Å². The summed E-state index contributed by atoms with van der Waals surface area (Å²) in [5.41, 5.74) is 8.24. The van der Waals surface area contributed by atoms with Gasteiger partial charge < -0.3 is 18.9 Å². The fraction of sp³-hybridized carbons (Fsp3) is 0.250. The Morgan fingerprint density at radius 2 is 1.15 bits per heavy atom. The van der Waals surface area contributed by atoms with Gasteiger partial charge in [-0.05, 0) is 80.4 Å². The fourth-order valence-electron chi connectivity index (χ4n) is 4.12. The molecule has 0 unspecified atom stereocenters. The Balaban J connectivity index is 1.98. The molecule has 176 valence electrons. The average molecular weight is 459 g/mol. The third-order valence-corrected chi connectivity index (χ3v) is 6.17. The van der Waals surface area contributed by atoms with Gasteiger partial charge in [0.2, 0.25) is 0 Å². The van der Waals surface area contributed by atoms with Crippen molar-refractivity contribution in [2.24, 2.45) is 0 Å². The van der Waals surface area contributed by atoms with E-state index in [0.29, 0.717) is 23.0 Å². The lowest BCUT2D eigenvalue weighted by Gasteiger charge is -2.13. The van der Waals surface area contributed by atoms with E-state index in [1.165, 1.54) is 11.1 Å². The number of hydrogen-bond acceptors (Lipinski definition) is 5. The van der Waals surface area contributed by atoms with Gasteiger partial charge in [-0.2, -0.15) is 5.10 Å². The predicted octanol–water partition coefficient (Wildman–Crippen LogP) is 6.17. The van der Waals surface area contributed by atoms with Crippen LogP contribution in [0.25, 0.3) is 28.2 Å². The highest BCUT2D eigenvalue weighted by molar-refractivity contribution is 5.78. The largest absolute Gasteiger partial charge is 0.493 e. The van der Waals surface area contributed by atoms with Crippen LogP contribution in [-0.4, -0.2) is 38.2 Å². The zero-order valence-electron chi connectivity index (χ0n) is 20.7. The summed E-state index contributed by atoms with van der Waals surface area (Å²) in [6.07, 6.45) is 0. The van der Waals surface area contributed by atoms with Crippen LogP contribution in [0.1, 0.15) is 16.7 Å². The summed E-state index contributed by atoms with van der Waals surface area (Å²) in [4.78, 5) is 0. The van der Waals surface area contributed by atoms with Crippen LogP contribution in [0.15, 0.2) is 54.6 Å². The van der Waals surface area contributed by atoms with Gasteiger partial charge in [-0.1, -0.05) is 6.07 Å². The molecule has 0 saturated heterocycles. The van der Waals surface area contributed by atoms with E-state index < -0.39 is 0 Å². The quantitative estimate of drug-likeness (QED) is 0.332. The monoisotopic (exact) mass is 458 g/mol. The number of benzene rings is 3. The zero-order chi connectivity index (χ0) is 24.4. The molecule has 0 aliphatic heterocycles. The van der Waals surface area contributed by atoms with E-state index >= 15 is 0 Å². The second kappa shape index (κ2) is 9.51. The van der Waals surface area contributed by atoms with Crippen molar-refractivity contribution < 1.29 is 18.9 Å². The van der Waals surface area contributed by atoms with Crippen molar-refractivity contribution in [3.63, 3.8) is 0 Å². The lowest BCUT2D eigenvalue weighted by atomic mass is 10.0. The van der Waals surface area contributed by atoms with Crippen LogP contribution in [0.3, 0.4) is 0 Å². The second-order valence-corrected chi connectivity index (χ2v) is 8.14. The van der Waals surface area contributed by atoms with Crippen molar-refractivity contribution in [3.05, 3.63) is 71.3 Å². The number of hydrogen-bond donors (Lipinski definition) is 0. The molecule has 0 N–H and O–H groups in total. The molecule has 3 aromatic carbocycles. The first-order chi connectivity index (χ1) is 16.4. The first-order valence-electron chi connectivity index (χ1n) is 11.0. The van der Waals surface area contributed by atoms with Gasteiger partial charge in [0.05, 0.1) is 45.5 Å². The van der Waals surface area contributed by atoms with Crippen molar-refractivity contribution in [1.82, 2.24) is 9.78 Å². The van der Waals surface area contributed by atoms with Crippen LogP contribution in [0.2, 0.25) is 0 Å². The van der Waals surface area contributed by atoms with Crippen LogP contribution < -0.4 is 18.9 Å². The molecule has 4 rings (SSSR count). The number of aryl methyl sites for hydroxylation is 2. The molecule has 0 aliphatic rings. The average Bonchev–Trinajstić information content (AvgIpc) is 3.21. The van der Waals surface area contributed by atoms with E-state index in [9.17, 15) is 0 Å². The minimum atomic E-state index is 0.660. The first-order valence-corrected chi connectivity index (χ1v) is 11.0. The van der Waals surface area contributed by atoms with Gasteiger partial charge in [0.1, 0.15) is 0 Å². The van der Waals surface area contributed by atoms with Gasteiger partial charge in [0.25, 0.3) is 0 Å². The summed E-state index contributed by atoms with van der Waals surface area (Å²) >= 11 is 0. The molecule has 1 heterocycles. The minimum absolute atomic E-state index is 0.660. The summed E-state index contributed by atoms with van der Waals surface area (Å²) in [7, 11) is 6.55. The van der Waals surface area contributed by atoms with Gasteiger partial charge in [-0.3, -0.25) is 0 Å². The Bertz CT molecular complexity index is 1340. The third-order valence-electron chi connectivity index (χ3n) is 6.17. The summed E-state index contributed by atoms with van der Waals surface area (Å²) < 4.78 is 24.0. The van der Waals surface area contributed by atoms with E-state index in [2.05, 4.69) is 39.0 Å². The first kappa shape index (κ1) is 23.2. The lowest BCUT2D eigenvalue weighted by Crippen LogP contribution is -2.01. The topological polar surface area (TPSA) is 54.7 Å². The Morgan fingerprint density at radius 3 is 1.71 bits per heavy atom. The highest BCUT2D eigenvalue weighted by Crippen LogP contribution is 2.39. The minimum Gasteiger partial charge on any atom is -0.493 e. The zero-order valence-corrected chi connectivity index (χ0v) is 20.7. The SMILES string of the molecule is COc1ccc(-c2nn(-c3ccc(C)c(C)c3)c(-c3ccc(OC)c(OC)c3)c2C)cc1OC. The molecule has 0 spiro atoms. The molecule has 0 aliphatic carbocycles. The second-order valence-electron chi connectivity index (χ2n) is 8.14. The number of ether oxygens (including phenoxy) is 4. The maximum Gasteiger partial charge on any atom is 0.161 e. The molecule has 0 atom stereocenters. The number of nitrogens with zero attached hydrogens (tertiary/aromatic N) is 2. The van der Waals surface area contributed by atoms with Crippen molar-refractivity contribution in [2.45, 2.75) is 20.8 Å². The predicted molar refractivity (Wildman–Crippen MR) is 135 cm³/mol. The Labute approximate surface area is 200 Å². The number of aromatic nitrogens is 2. The molecule has 4 aromatic rings. The fourth-order valence-corrected chi connectivity index (χ4v) is 4.12. The third kappa shape index (κ3) is 4.07. The van der Waals surface area contributed by atoms with Crippen LogP contribution in [0.4, 0.5) is 0 Å². The molecule has 6 heteroatoms. The molecule has 34 heavy (non-hydrogen) atoms.